The van der Waals surface area contributed by atoms with Gasteiger partial charge in [0.1, 0.15) is 5.75 Å². The monoisotopic (exact) mass is 249 g/mol. The first-order valence-corrected chi connectivity index (χ1v) is 6.56. The minimum absolute atomic E-state index is 0.0323. The van der Waals surface area contributed by atoms with E-state index in [1.54, 1.807) is 25.1 Å². The van der Waals surface area contributed by atoms with Crippen molar-refractivity contribution < 1.29 is 9.90 Å². The van der Waals surface area contributed by atoms with Gasteiger partial charge in [-0.3, -0.25) is 4.79 Å². The Morgan fingerprint density at radius 2 is 2.06 bits per heavy atom. The first-order chi connectivity index (χ1) is 8.54. The topological polar surface area (TPSA) is 40.5 Å². The fourth-order valence-electron chi connectivity index (χ4n) is 1.93. The van der Waals surface area contributed by atoms with Crippen LogP contribution in [-0.4, -0.2) is 29.4 Å². The molecule has 1 aromatic rings. The molecule has 0 radical (unpaired) electrons. The van der Waals surface area contributed by atoms with Crippen molar-refractivity contribution in [3.05, 3.63) is 29.3 Å². The first-order valence-electron chi connectivity index (χ1n) is 6.56. The van der Waals surface area contributed by atoms with Crippen molar-refractivity contribution in [2.75, 3.05) is 13.6 Å². The molecule has 1 aromatic carbocycles. The highest BCUT2D eigenvalue weighted by Crippen LogP contribution is 2.20. The molecule has 100 valence electrons. The number of hydrogen-bond donors (Lipinski definition) is 1. The molecule has 0 spiro atoms. The Morgan fingerprint density at radius 3 is 2.67 bits per heavy atom. The van der Waals surface area contributed by atoms with E-state index in [2.05, 4.69) is 11.8 Å². The van der Waals surface area contributed by atoms with Crippen LogP contribution in [0.15, 0.2) is 18.2 Å². The van der Waals surface area contributed by atoms with E-state index >= 15 is 0 Å². The summed E-state index contributed by atoms with van der Waals surface area (Å²) in [7, 11) is 2.04. The van der Waals surface area contributed by atoms with E-state index in [0.29, 0.717) is 12.1 Å². The van der Waals surface area contributed by atoms with E-state index in [9.17, 15) is 9.90 Å². The predicted octanol–water partition coefficient (Wildman–Crippen LogP) is 3.22. The summed E-state index contributed by atoms with van der Waals surface area (Å²) < 4.78 is 0. The van der Waals surface area contributed by atoms with Gasteiger partial charge in [-0.1, -0.05) is 19.8 Å². The van der Waals surface area contributed by atoms with Crippen LogP contribution in [-0.2, 0) is 6.54 Å². The van der Waals surface area contributed by atoms with E-state index in [-0.39, 0.29) is 11.5 Å². The van der Waals surface area contributed by atoms with Gasteiger partial charge in [-0.15, -0.1) is 0 Å². The van der Waals surface area contributed by atoms with Crippen molar-refractivity contribution in [3.63, 3.8) is 0 Å². The molecule has 0 fully saturated rings. The summed E-state index contributed by atoms with van der Waals surface area (Å²) in [5, 5.41) is 9.80. The maximum absolute atomic E-state index is 11.3. The van der Waals surface area contributed by atoms with Crippen LogP contribution in [0.4, 0.5) is 0 Å². The Hall–Kier alpha value is -1.35. The molecule has 0 aliphatic rings. The number of unbranched alkanes of at least 4 members (excludes halogenated alkanes) is 2. The number of carbonyl (C=O) groups is 1. The van der Waals surface area contributed by atoms with Gasteiger partial charge >= 0.3 is 0 Å². The number of ketones is 1. The zero-order chi connectivity index (χ0) is 13.5. The summed E-state index contributed by atoms with van der Waals surface area (Å²) in [4.78, 5) is 13.5. The Balaban J connectivity index is 2.65. The molecule has 0 heterocycles. The molecule has 18 heavy (non-hydrogen) atoms. The van der Waals surface area contributed by atoms with Crippen LogP contribution in [0.2, 0.25) is 0 Å². The SMILES string of the molecule is CCCCCN(C)Cc1cc(C(C)=O)ccc1O. The van der Waals surface area contributed by atoms with Gasteiger partial charge in [-0.05, 0) is 45.1 Å². The van der Waals surface area contributed by atoms with Crippen molar-refractivity contribution in [2.45, 2.75) is 39.7 Å². The van der Waals surface area contributed by atoms with Crippen LogP contribution in [0.5, 0.6) is 5.75 Å². The summed E-state index contributed by atoms with van der Waals surface area (Å²) in [5.41, 5.74) is 1.48. The van der Waals surface area contributed by atoms with Crippen molar-refractivity contribution in [2.24, 2.45) is 0 Å². The summed E-state index contributed by atoms with van der Waals surface area (Å²) in [6.07, 6.45) is 3.60. The van der Waals surface area contributed by atoms with E-state index < -0.39 is 0 Å². The number of benzene rings is 1. The Morgan fingerprint density at radius 1 is 1.33 bits per heavy atom. The van der Waals surface area contributed by atoms with Gasteiger partial charge in [0.25, 0.3) is 0 Å². The van der Waals surface area contributed by atoms with Crippen molar-refractivity contribution in [1.29, 1.82) is 0 Å². The van der Waals surface area contributed by atoms with Gasteiger partial charge in [-0.2, -0.15) is 0 Å². The molecular weight excluding hydrogens is 226 g/mol. The number of aromatic hydroxyl groups is 1. The van der Waals surface area contributed by atoms with E-state index in [1.165, 1.54) is 19.3 Å². The number of phenolic OH excluding ortho intramolecular Hbond substituents is 1. The summed E-state index contributed by atoms with van der Waals surface area (Å²) in [6.45, 7) is 5.41. The predicted molar refractivity (Wildman–Crippen MR) is 74.0 cm³/mol. The molecule has 0 unspecified atom stereocenters. The van der Waals surface area contributed by atoms with Gasteiger partial charge in [0, 0.05) is 17.7 Å². The molecule has 3 heteroatoms. The quantitative estimate of drug-likeness (QED) is 0.596. The number of Topliss-reactive ketones (excluding diaryl/α,β-unsaturated/α-hetero) is 1. The molecule has 0 bridgehead atoms. The standard InChI is InChI=1S/C15H23NO2/c1-4-5-6-9-16(3)11-14-10-13(12(2)17)7-8-15(14)18/h7-8,10,18H,4-6,9,11H2,1-3H3. The molecule has 3 nitrogen and oxygen atoms in total. The molecule has 0 saturated heterocycles. The van der Waals surface area contributed by atoms with Gasteiger partial charge in [-0.25, -0.2) is 0 Å². The lowest BCUT2D eigenvalue weighted by Crippen LogP contribution is -2.19. The third-order valence-corrected chi connectivity index (χ3v) is 3.07. The lowest BCUT2D eigenvalue weighted by atomic mass is 10.1. The smallest absolute Gasteiger partial charge is 0.159 e. The Bertz CT molecular complexity index is 401. The molecular formula is C15H23NO2. The molecule has 0 aliphatic carbocycles. The first kappa shape index (κ1) is 14.7. The van der Waals surface area contributed by atoms with Crippen molar-refractivity contribution in [3.8, 4) is 5.75 Å². The van der Waals surface area contributed by atoms with Crippen LogP contribution in [0, 0.1) is 0 Å². The second-order valence-electron chi connectivity index (χ2n) is 4.84. The minimum Gasteiger partial charge on any atom is -0.508 e. The third kappa shape index (κ3) is 4.49. The zero-order valence-electron chi connectivity index (χ0n) is 11.6. The molecule has 1 N–H and O–H groups in total. The average molecular weight is 249 g/mol. The molecule has 0 amide bonds. The van der Waals surface area contributed by atoms with Gasteiger partial charge in [0.2, 0.25) is 0 Å². The van der Waals surface area contributed by atoms with Crippen LogP contribution in [0.25, 0.3) is 0 Å². The number of carbonyl (C=O) groups excluding carboxylic acids is 1. The Kier molecular flexibility index (Phi) is 5.86. The lowest BCUT2D eigenvalue weighted by Gasteiger charge is -2.17. The molecule has 0 atom stereocenters. The minimum atomic E-state index is 0.0323. The second-order valence-corrected chi connectivity index (χ2v) is 4.84. The molecule has 0 saturated carbocycles. The lowest BCUT2D eigenvalue weighted by molar-refractivity contribution is 0.101. The number of rotatable bonds is 7. The fraction of sp³-hybridized carbons (Fsp3) is 0.533. The molecule has 1 rings (SSSR count). The van der Waals surface area contributed by atoms with Crippen LogP contribution in [0.1, 0.15) is 49.0 Å². The van der Waals surface area contributed by atoms with E-state index in [4.69, 9.17) is 0 Å². The van der Waals surface area contributed by atoms with Gasteiger partial charge in [0.05, 0.1) is 0 Å². The van der Waals surface area contributed by atoms with E-state index in [1.807, 2.05) is 7.05 Å². The summed E-state index contributed by atoms with van der Waals surface area (Å²) in [5.74, 6) is 0.298. The highest BCUT2D eigenvalue weighted by molar-refractivity contribution is 5.94. The van der Waals surface area contributed by atoms with Gasteiger partial charge < -0.3 is 10.0 Å². The van der Waals surface area contributed by atoms with Crippen LogP contribution < -0.4 is 0 Å². The third-order valence-electron chi connectivity index (χ3n) is 3.07. The van der Waals surface area contributed by atoms with Crippen LogP contribution >= 0.6 is 0 Å². The second kappa shape index (κ2) is 7.17. The normalized spacial score (nSPS) is 10.9. The highest BCUT2D eigenvalue weighted by atomic mass is 16.3. The van der Waals surface area contributed by atoms with Crippen LogP contribution in [0.3, 0.4) is 0 Å². The maximum Gasteiger partial charge on any atom is 0.159 e. The highest BCUT2D eigenvalue weighted by Gasteiger charge is 2.08. The maximum atomic E-state index is 11.3. The molecule has 0 aromatic heterocycles. The summed E-state index contributed by atoms with van der Waals surface area (Å²) in [6, 6.07) is 5.05. The fourth-order valence-corrected chi connectivity index (χ4v) is 1.93. The Labute approximate surface area is 109 Å². The number of hydrogen-bond acceptors (Lipinski definition) is 3. The zero-order valence-corrected chi connectivity index (χ0v) is 11.6. The van der Waals surface area contributed by atoms with Gasteiger partial charge in [0.15, 0.2) is 5.78 Å². The number of nitrogens with zero attached hydrogens (tertiary/aromatic N) is 1. The largest absolute Gasteiger partial charge is 0.508 e. The van der Waals surface area contributed by atoms with Crippen molar-refractivity contribution in [1.82, 2.24) is 4.90 Å². The molecule has 0 aliphatic heterocycles. The van der Waals surface area contributed by atoms with Crippen molar-refractivity contribution >= 4 is 5.78 Å². The number of phenols is 1. The van der Waals surface area contributed by atoms with E-state index in [0.717, 1.165) is 12.1 Å². The average Bonchev–Trinajstić information content (AvgIpc) is 2.32. The summed E-state index contributed by atoms with van der Waals surface area (Å²) >= 11 is 0.